The van der Waals surface area contributed by atoms with Crippen molar-refractivity contribution in [1.82, 2.24) is 0 Å². The molecular weight excluding hydrogens is 243 g/mol. The first-order valence-corrected chi connectivity index (χ1v) is 6.95. The third-order valence-electron chi connectivity index (χ3n) is 3.02. The SMILES string of the molecule is CCCCCC(=O)N(CCCN)c1ccc(F)cc1. The topological polar surface area (TPSA) is 46.3 Å². The summed E-state index contributed by atoms with van der Waals surface area (Å²) < 4.78 is 12.9. The van der Waals surface area contributed by atoms with Crippen LogP contribution in [0.15, 0.2) is 24.3 Å². The zero-order chi connectivity index (χ0) is 14.1. The zero-order valence-corrected chi connectivity index (χ0v) is 11.6. The van der Waals surface area contributed by atoms with Crippen molar-refractivity contribution in [3.05, 3.63) is 30.1 Å². The van der Waals surface area contributed by atoms with Crippen LogP contribution in [-0.4, -0.2) is 19.0 Å². The van der Waals surface area contributed by atoms with Gasteiger partial charge in [0, 0.05) is 18.7 Å². The highest BCUT2D eigenvalue weighted by molar-refractivity contribution is 5.93. The van der Waals surface area contributed by atoms with Crippen molar-refractivity contribution >= 4 is 11.6 Å². The monoisotopic (exact) mass is 266 g/mol. The fraction of sp³-hybridized carbons (Fsp3) is 0.533. The van der Waals surface area contributed by atoms with Gasteiger partial charge in [-0.1, -0.05) is 19.8 Å². The molecule has 19 heavy (non-hydrogen) atoms. The molecule has 0 fully saturated rings. The smallest absolute Gasteiger partial charge is 0.226 e. The van der Waals surface area contributed by atoms with Crippen LogP contribution in [0.4, 0.5) is 10.1 Å². The molecule has 0 aliphatic carbocycles. The molecule has 0 aliphatic heterocycles. The van der Waals surface area contributed by atoms with Crippen molar-refractivity contribution in [3.63, 3.8) is 0 Å². The molecule has 3 nitrogen and oxygen atoms in total. The van der Waals surface area contributed by atoms with E-state index in [1.54, 1.807) is 17.0 Å². The van der Waals surface area contributed by atoms with Gasteiger partial charge in [0.2, 0.25) is 5.91 Å². The fourth-order valence-electron chi connectivity index (χ4n) is 1.93. The summed E-state index contributed by atoms with van der Waals surface area (Å²) in [7, 11) is 0. The van der Waals surface area contributed by atoms with E-state index in [1.807, 2.05) is 0 Å². The second-order valence-electron chi connectivity index (χ2n) is 4.62. The molecule has 106 valence electrons. The Morgan fingerprint density at radius 1 is 1.21 bits per heavy atom. The molecule has 1 rings (SSSR count). The summed E-state index contributed by atoms with van der Waals surface area (Å²) in [5, 5.41) is 0. The number of anilines is 1. The van der Waals surface area contributed by atoms with Crippen molar-refractivity contribution in [1.29, 1.82) is 0 Å². The van der Waals surface area contributed by atoms with Gasteiger partial charge in [-0.25, -0.2) is 4.39 Å². The van der Waals surface area contributed by atoms with Crippen LogP contribution in [0, 0.1) is 5.82 Å². The van der Waals surface area contributed by atoms with Crippen molar-refractivity contribution in [2.75, 3.05) is 18.0 Å². The lowest BCUT2D eigenvalue weighted by Crippen LogP contribution is -2.32. The van der Waals surface area contributed by atoms with Crippen molar-refractivity contribution < 1.29 is 9.18 Å². The maximum absolute atomic E-state index is 12.9. The Kier molecular flexibility index (Phi) is 7.11. The van der Waals surface area contributed by atoms with Crippen LogP contribution < -0.4 is 10.6 Å². The highest BCUT2D eigenvalue weighted by atomic mass is 19.1. The van der Waals surface area contributed by atoms with Gasteiger partial charge in [0.15, 0.2) is 0 Å². The Hall–Kier alpha value is -1.42. The maximum Gasteiger partial charge on any atom is 0.226 e. The average molecular weight is 266 g/mol. The second-order valence-corrected chi connectivity index (χ2v) is 4.62. The van der Waals surface area contributed by atoms with Gasteiger partial charge in [-0.3, -0.25) is 4.79 Å². The number of benzene rings is 1. The van der Waals surface area contributed by atoms with E-state index in [0.717, 1.165) is 31.4 Å². The lowest BCUT2D eigenvalue weighted by Gasteiger charge is -2.22. The molecule has 0 aromatic heterocycles. The average Bonchev–Trinajstić information content (AvgIpc) is 2.41. The fourth-order valence-corrected chi connectivity index (χ4v) is 1.93. The van der Waals surface area contributed by atoms with Crippen molar-refractivity contribution in [2.45, 2.75) is 39.0 Å². The lowest BCUT2D eigenvalue weighted by atomic mass is 10.1. The molecule has 0 radical (unpaired) electrons. The van der Waals surface area contributed by atoms with E-state index in [4.69, 9.17) is 5.73 Å². The maximum atomic E-state index is 12.9. The number of halogens is 1. The molecule has 2 N–H and O–H groups in total. The van der Waals surface area contributed by atoms with E-state index in [2.05, 4.69) is 6.92 Å². The lowest BCUT2D eigenvalue weighted by molar-refractivity contribution is -0.118. The van der Waals surface area contributed by atoms with E-state index in [0.29, 0.717) is 19.5 Å². The number of carbonyl (C=O) groups excluding carboxylic acids is 1. The normalized spacial score (nSPS) is 10.5. The summed E-state index contributed by atoms with van der Waals surface area (Å²) >= 11 is 0. The number of nitrogens with zero attached hydrogens (tertiary/aromatic N) is 1. The summed E-state index contributed by atoms with van der Waals surface area (Å²) in [5.74, 6) is -0.200. The Morgan fingerprint density at radius 2 is 1.89 bits per heavy atom. The minimum atomic E-state index is -0.291. The minimum absolute atomic E-state index is 0.0912. The van der Waals surface area contributed by atoms with Gasteiger partial charge in [-0.05, 0) is 43.7 Å². The third kappa shape index (κ3) is 5.39. The van der Waals surface area contributed by atoms with Gasteiger partial charge >= 0.3 is 0 Å². The third-order valence-corrected chi connectivity index (χ3v) is 3.02. The van der Waals surface area contributed by atoms with Crippen LogP contribution >= 0.6 is 0 Å². The predicted octanol–water partition coefficient (Wildman–Crippen LogP) is 3.09. The first-order chi connectivity index (χ1) is 9.19. The van der Waals surface area contributed by atoms with Gasteiger partial charge in [0.05, 0.1) is 0 Å². The number of hydrogen-bond acceptors (Lipinski definition) is 2. The number of unbranched alkanes of at least 4 members (excludes halogenated alkanes) is 2. The first kappa shape index (κ1) is 15.6. The van der Waals surface area contributed by atoms with Gasteiger partial charge in [-0.2, -0.15) is 0 Å². The predicted molar refractivity (Wildman–Crippen MR) is 76.6 cm³/mol. The molecule has 1 amide bonds. The van der Waals surface area contributed by atoms with E-state index < -0.39 is 0 Å². The summed E-state index contributed by atoms with van der Waals surface area (Å²) in [5.41, 5.74) is 6.25. The molecular formula is C15H23FN2O. The molecule has 1 aromatic carbocycles. The molecule has 0 bridgehead atoms. The number of carbonyl (C=O) groups is 1. The zero-order valence-electron chi connectivity index (χ0n) is 11.6. The van der Waals surface area contributed by atoms with Crippen LogP contribution in [0.25, 0.3) is 0 Å². The summed E-state index contributed by atoms with van der Waals surface area (Å²) in [6, 6.07) is 6.04. The molecule has 0 aliphatic rings. The van der Waals surface area contributed by atoms with Gasteiger partial charge < -0.3 is 10.6 Å². The first-order valence-electron chi connectivity index (χ1n) is 6.95. The molecule has 0 unspecified atom stereocenters. The molecule has 0 saturated carbocycles. The molecule has 0 atom stereocenters. The van der Waals surface area contributed by atoms with Crippen molar-refractivity contribution in [2.24, 2.45) is 5.73 Å². The largest absolute Gasteiger partial charge is 0.330 e. The van der Waals surface area contributed by atoms with Crippen LogP contribution in [0.3, 0.4) is 0 Å². The van der Waals surface area contributed by atoms with Crippen molar-refractivity contribution in [3.8, 4) is 0 Å². The number of hydrogen-bond donors (Lipinski definition) is 1. The Labute approximate surface area is 114 Å². The van der Waals surface area contributed by atoms with E-state index >= 15 is 0 Å². The van der Waals surface area contributed by atoms with Crippen LogP contribution in [0.2, 0.25) is 0 Å². The van der Waals surface area contributed by atoms with E-state index in [1.165, 1.54) is 12.1 Å². The summed E-state index contributed by atoms with van der Waals surface area (Å²) in [6.07, 6.45) is 4.33. The highest BCUT2D eigenvalue weighted by Gasteiger charge is 2.14. The Balaban J connectivity index is 2.70. The van der Waals surface area contributed by atoms with Crippen LogP contribution in [0.1, 0.15) is 39.0 Å². The van der Waals surface area contributed by atoms with Gasteiger partial charge in [0.25, 0.3) is 0 Å². The van der Waals surface area contributed by atoms with Gasteiger partial charge in [-0.15, -0.1) is 0 Å². The standard InChI is InChI=1S/C15H23FN2O/c1-2-3-4-6-15(19)18(12-5-11-17)14-9-7-13(16)8-10-14/h7-10H,2-6,11-12,17H2,1H3. The number of nitrogens with two attached hydrogens (primary N) is 1. The molecule has 0 heterocycles. The Morgan fingerprint density at radius 3 is 2.47 bits per heavy atom. The van der Waals surface area contributed by atoms with Crippen LogP contribution in [-0.2, 0) is 4.79 Å². The van der Waals surface area contributed by atoms with E-state index in [9.17, 15) is 9.18 Å². The quantitative estimate of drug-likeness (QED) is 0.735. The minimum Gasteiger partial charge on any atom is -0.330 e. The summed E-state index contributed by atoms with van der Waals surface area (Å²) in [4.78, 5) is 13.9. The Bertz CT molecular complexity index is 378. The molecule has 1 aromatic rings. The number of amides is 1. The van der Waals surface area contributed by atoms with Crippen LogP contribution in [0.5, 0.6) is 0 Å². The number of rotatable bonds is 8. The highest BCUT2D eigenvalue weighted by Crippen LogP contribution is 2.17. The molecule has 0 saturated heterocycles. The summed E-state index contributed by atoms with van der Waals surface area (Å²) in [6.45, 7) is 3.24. The van der Waals surface area contributed by atoms with E-state index in [-0.39, 0.29) is 11.7 Å². The van der Waals surface area contributed by atoms with Gasteiger partial charge in [0.1, 0.15) is 5.82 Å². The second kappa shape index (κ2) is 8.64. The molecule has 4 heteroatoms. The molecule has 0 spiro atoms.